The Kier molecular flexibility index (Phi) is 39.0. The summed E-state index contributed by atoms with van der Waals surface area (Å²) in [5.74, 6) is -2.60. The maximum atomic E-state index is 15.3. The molecule has 6 aromatic carbocycles. The molecule has 0 saturated carbocycles. The lowest BCUT2D eigenvalue weighted by atomic mass is 9.97. The number of hydrogen-bond donors (Lipinski definition) is 1. The second-order valence-corrected chi connectivity index (χ2v) is 26.6. The van der Waals surface area contributed by atoms with E-state index in [0.717, 1.165) is 73.6 Å². The number of carbonyl (C=O) groups is 4. The van der Waals surface area contributed by atoms with E-state index in [2.05, 4.69) is 19.2 Å². The lowest BCUT2D eigenvalue weighted by Crippen LogP contribution is -2.63. The van der Waals surface area contributed by atoms with Gasteiger partial charge < -0.3 is 47.9 Å². The van der Waals surface area contributed by atoms with Gasteiger partial charge in [0.25, 0.3) is 5.91 Å². The first kappa shape index (κ1) is 79.3. The molecule has 1 heterocycles. The van der Waals surface area contributed by atoms with Crippen LogP contribution in [0.4, 0.5) is 0 Å². The molecule has 1 aliphatic rings. The van der Waals surface area contributed by atoms with Crippen molar-refractivity contribution in [2.45, 2.75) is 276 Å². The van der Waals surface area contributed by atoms with Gasteiger partial charge in [0, 0.05) is 6.92 Å². The molecule has 14 nitrogen and oxygen atoms in total. The number of unbranched alkanes of at least 4 members (excludes halogenated alkanes) is 23. The highest BCUT2D eigenvalue weighted by Crippen LogP contribution is 2.33. The Morgan fingerprint density at radius 3 is 1.18 bits per heavy atom. The van der Waals surface area contributed by atoms with Crippen molar-refractivity contribution in [1.82, 2.24) is 5.32 Å². The van der Waals surface area contributed by atoms with Crippen LogP contribution in [-0.4, -0.2) is 92.1 Å². The van der Waals surface area contributed by atoms with E-state index in [0.29, 0.717) is 18.4 Å². The molecule has 6 aromatic rings. The lowest BCUT2D eigenvalue weighted by Gasteiger charge is -2.46. The monoisotopic (exact) mass is 1360 g/mol. The Hall–Kier alpha value is -7.04. The van der Waals surface area contributed by atoms with Crippen LogP contribution in [0.15, 0.2) is 182 Å². The minimum Gasteiger partial charge on any atom is -0.455 e. The highest BCUT2D eigenvalue weighted by atomic mass is 16.7. The molecule has 1 fully saturated rings. The summed E-state index contributed by atoms with van der Waals surface area (Å²) in [5, 5.41) is 3.19. The van der Waals surface area contributed by atoms with Crippen LogP contribution in [-0.2, 0) is 78.6 Å². The van der Waals surface area contributed by atoms with E-state index in [4.69, 9.17) is 42.6 Å². The molecule has 0 spiro atoms. The molecule has 1 saturated heterocycles. The van der Waals surface area contributed by atoms with E-state index < -0.39 is 85.5 Å². The quantitative estimate of drug-likeness (QED) is 0.0218. The van der Waals surface area contributed by atoms with Gasteiger partial charge >= 0.3 is 17.9 Å². The fourth-order valence-corrected chi connectivity index (χ4v) is 12.8. The smallest absolute Gasteiger partial charge is 0.338 e. The first-order valence-corrected chi connectivity index (χ1v) is 37.5. The SMILES string of the molecule is CCCCCCCCCCCCCCCCCCCCCC[C@@H](OC(C)=O)C(=O)N[C@@H](CO[C@H]1O[C@H](COCc2ccccc2)[C@H](OCc2ccccc2)[C@H](OCc2ccccc2)[C@H]1OCc1ccccc1)[C@H](OC(=O)c1ccccc1)[C@@H](CCCCCCC)OC(=O)c1ccccc1. The number of esters is 3. The van der Waals surface area contributed by atoms with Crippen LogP contribution in [0.1, 0.15) is 237 Å². The Balaban J connectivity index is 1.18. The molecule has 0 unspecified atom stereocenters. The third kappa shape index (κ3) is 31.2. The second kappa shape index (κ2) is 48.7. The summed E-state index contributed by atoms with van der Waals surface area (Å²) in [7, 11) is 0. The van der Waals surface area contributed by atoms with E-state index in [1.807, 2.05) is 127 Å². The van der Waals surface area contributed by atoms with Gasteiger partial charge in [0.15, 0.2) is 18.5 Å². The van der Waals surface area contributed by atoms with Crippen molar-refractivity contribution < 1.29 is 61.8 Å². The Morgan fingerprint density at radius 2 is 0.758 bits per heavy atom. The van der Waals surface area contributed by atoms with Crippen LogP contribution in [0.2, 0.25) is 0 Å². The molecule has 0 aliphatic carbocycles. The van der Waals surface area contributed by atoms with Crippen molar-refractivity contribution in [3.8, 4) is 0 Å². The van der Waals surface area contributed by atoms with Crippen LogP contribution in [0, 0.1) is 0 Å². The largest absolute Gasteiger partial charge is 0.455 e. The summed E-state index contributed by atoms with van der Waals surface area (Å²) < 4.78 is 61.1. The zero-order valence-electron chi connectivity index (χ0n) is 59.7. The van der Waals surface area contributed by atoms with E-state index in [1.54, 1.807) is 54.6 Å². The molecule has 0 aromatic heterocycles. The topological polar surface area (TPSA) is 163 Å². The molecule has 1 N–H and O–H groups in total. The van der Waals surface area contributed by atoms with Crippen LogP contribution in [0.3, 0.4) is 0 Å². The van der Waals surface area contributed by atoms with Crippen molar-refractivity contribution in [2.24, 2.45) is 0 Å². The molecule has 1 aliphatic heterocycles. The van der Waals surface area contributed by atoms with Gasteiger partial charge in [-0.3, -0.25) is 9.59 Å². The van der Waals surface area contributed by atoms with Crippen LogP contribution in [0.25, 0.3) is 0 Å². The van der Waals surface area contributed by atoms with E-state index in [1.165, 1.54) is 103 Å². The average Bonchev–Trinajstić information content (AvgIpc) is 0.794. The molecule has 9 atom stereocenters. The number of nitrogens with one attached hydrogen (secondary N) is 1. The van der Waals surface area contributed by atoms with Crippen molar-refractivity contribution in [3.63, 3.8) is 0 Å². The number of ether oxygens (including phenoxy) is 9. The Morgan fingerprint density at radius 1 is 0.394 bits per heavy atom. The highest BCUT2D eigenvalue weighted by molar-refractivity contribution is 5.90. The fourth-order valence-electron chi connectivity index (χ4n) is 12.8. The minimum atomic E-state index is -1.39. The number of amides is 1. The van der Waals surface area contributed by atoms with Gasteiger partial charge in [0.05, 0.1) is 56.8 Å². The molecule has 14 heteroatoms. The van der Waals surface area contributed by atoms with Gasteiger partial charge in [-0.25, -0.2) is 9.59 Å². The molecular formula is C85H115NO13. The van der Waals surface area contributed by atoms with Crippen molar-refractivity contribution >= 4 is 23.8 Å². The summed E-state index contributed by atoms with van der Waals surface area (Å²) in [5.41, 5.74) is 4.22. The van der Waals surface area contributed by atoms with E-state index >= 15 is 4.79 Å². The summed E-state index contributed by atoms with van der Waals surface area (Å²) in [6, 6.07) is 55.4. The molecule has 1 amide bonds. The van der Waals surface area contributed by atoms with Gasteiger partial charge in [-0.15, -0.1) is 0 Å². The Labute approximate surface area is 592 Å². The summed E-state index contributed by atoms with van der Waals surface area (Å²) in [6.45, 7) is 6.14. The zero-order chi connectivity index (χ0) is 69.6. The predicted molar refractivity (Wildman–Crippen MR) is 391 cm³/mol. The maximum absolute atomic E-state index is 15.3. The van der Waals surface area contributed by atoms with Gasteiger partial charge in [-0.05, 0) is 72.2 Å². The highest BCUT2D eigenvalue weighted by Gasteiger charge is 2.50. The summed E-state index contributed by atoms with van der Waals surface area (Å²) in [6.07, 6.45) is 21.0. The van der Waals surface area contributed by atoms with Crippen molar-refractivity contribution in [1.29, 1.82) is 0 Å². The maximum Gasteiger partial charge on any atom is 0.338 e. The Bertz CT molecular complexity index is 3050. The molecule has 0 bridgehead atoms. The van der Waals surface area contributed by atoms with Crippen LogP contribution < -0.4 is 5.32 Å². The van der Waals surface area contributed by atoms with Gasteiger partial charge in [0.1, 0.15) is 30.5 Å². The third-order valence-corrected chi connectivity index (χ3v) is 18.4. The van der Waals surface area contributed by atoms with Gasteiger partial charge in [-0.2, -0.15) is 0 Å². The number of rotatable bonds is 52. The zero-order valence-corrected chi connectivity index (χ0v) is 59.7. The third-order valence-electron chi connectivity index (χ3n) is 18.4. The first-order valence-electron chi connectivity index (χ1n) is 37.5. The normalized spacial score (nSPS) is 17.2. The first-order chi connectivity index (χ1) is 48.7. The summed E-state index contributed by atoms with van der Waals surface area (Å²) in [4.78, 5) is 57.7. The minimum absolute atomic E-state index is 0.0431. The average molecular weight is 1360 g/mol. The molecule has 538 valence electrons. The standard InChI is InChI=1S/C85H115NO13/c1-4-6-8-10-11-12-13-14-15-16-17-18-19-20-21-22-23-24-26-46-60-76(96-67(3)87)82(88)86-74(78(99-84(90)73-57-43-32-44-58-73)75(59-45-25-9-7-5-2)97-83(89)72-55-41-31-42-56-72)65-95-85-81(94-64-71-53-39-30-40-54-71)80(93-63-70-51-37-29-38-52-70)79(92-62-69-49-35-28-36-50-69)77(98-85)66-91-61-68-47-33-27-34-48-68/h27-44,47-58,74-81,85H,4-26,45-46,59-66H2,1-3H3,(H,86,88)/t74-,75+,76+,77+,78-,79-,80-,81+,85-/m0/s1. The van der Waals surface area contributed by atoms with Gasteiger partial charge in [0.2, 0.25) is 0 Å². The van der Waals surface area contributed by atoms with Crippen LogP contribution >= 0.6 is 0 Å². The van der Waals surface area contributed by atoms with Gasteiger partial charge in [-0.1, -0.05) is 319 Å². The lowest BCUT2D eigenvalue weighted by molar-refractivity contribution is -0.329. The molecule has 0 radical (unpaired) electrons. The van der Waals surface area contributed by atoms with Crippen molar-refractivity contribution in [3.05, 3.63) is 215 Å². The van der Waals surface area contributed by atoms with Crippen molar-refractivity contribution in [2.75, 3.05) is 13.2 Å². The molecule has 99 heavy (non-hydrogen) atoms. The fraction of sp³-hybridized carbons (Fsp3) is 0.529. The van der Waals surface area contributed by atoms with Crippen LogP contribution in [0.5, 0.6) is 0 Å². The number of hydrogen-bond acceptors (Lipinski definition) is 13. The predicted octanol–water partition coefficient (Wildman–Crippen LogP) is 19.1. The molecule has 7 rings (SSSR count). The molecular weight excluding hydrogens is 1240 g/mol. The second-order valence-electron chi connectivity index (χ2n) is 26.6. The van der Waals surface area contributed by atoms with E-state index in [9.17, 15) is 14.4 Å². The summed E-state index contributed by atoms with van der Waals surface area (Å²) >= 11 is 0. The number of carbonyl (C=O) groups excluding carboxylic acids is 4. The number of benzene rings is 6. The van der Waals surface area contributed by atoms with E-state index in [-0.39, 0.29) is 51.4 Å².